The van der Waals surface area contributed by atoms with E-state index in [4.69, 9.17) is 5.73 Å². The molecule has 1 unspecified atom stereocenters. The maximum Gasteiger partial charge on any atom is 0.124 e. The van der Waals surface area contributed by atoms with E-state index in [1.165, 1.54) is 57.4 Å². The summed E-state index contributed by atoms with van der Waals surface area (Å²) in [5, 5.41) is 0. The minimum Gasteiger partial charge on any atom is -0.324 e. The van der Waals surface area contributed by atoms with E-state index in [2.05, 4.69) is 29.5 Å². The van der Waals surface area contributed by atoms with E-state index in [1.54, 1.807) is 6.07 Å². The number of nitrogens with two attached hydrogens (primary N) is 1. The molecule has 1 aromatic carbocycles. The lowest BCUT2D eigenvalue weighted by molar-refractivity contribution is 0.534. The molecule has 0 aromatic heterocycles. The number of halogens is 2. The van der Waals surface area contributed by atoms with E-state index in [1.807, 2.05) is 6.07 Å². The molecule has 1 nitrogen and oxygen atoms in total. The van der Waals surface area contributed by atoms with E-state index in [9.17, 15) is 4.39 Å². The van der Waals surface area contributed by atoms with Crippen LogP contribution in [0.25, 0.3) is 0 Å². The SMILES string of the molecule is CCCCCCCCCCC(N)c1ccc(F)cc1I. The quantitative estimate of drug-likeness (QED) is 0.387. The van der Waals surface area contributed by atoms with Crippen molar-refractivity contribution in [2.24, 2.45) is 5.73 Å². The van der Waals surface area contributed by atoms with Crippen LogP contribution in [-0.2, 0) is 0 Å². The highest BCUT2D eigenvalue weighted by atomic mass is 127. The smallest absolute Gasteiger partial charge is 0.124 e. The first kappa shape index (κ1) is 17.9. The second-order valence-electron chi connectivity index (χ2n) is 5.54. The Morgan fingerprint density at radius 2 is 1.65 bits per heavy atom. The second kappa shape index (κ2) is 10.6. The molecule has 3 heteroatoms. The molecule has 0 saturated heterocycles. The molecule has 0 heterocycles. The van der Waals surface area contributed by atoms with Gasteiger partial charge in [0.2, 0.25) is 0 Å². The molecular formula is C17H27FIN. The summed E-state index contributed by atoms with van der Waals surface area (Å²) in [4.78, 5) is 0. The van der Waals surface area contributed by atoms with Crippen LogP contribution in [0.15, 0.2) is 18.2 Å². The predicted octanol–water partition coefficient (Wildman–Crippen LogP) is 5.96. The lowest BCUT2D eigenvalue weighted by atomic mass is 10.00. The van der Waals surface area contributed by atoms with Crippen molar-refractivity contribution < 1.29 is 4.39 Å². The Hall–Kier alpha value is -0.160. The van der Waals surface area contributed by atoms with Crippen molar-refractivity contribution in [2.45, 2.75) is 70.8 Å². The summed E-state index contributed by atoms with van der Waals surface area (Å²) in [5.74, 6) is -0.183. The fourth-order valence-corrected chi connectivity index (χ4v) is 3.33. The van der Waals surface area contributed by atoms with Crippen LogP contribution in [0.1, 0.15) is 76.3 Å². The molecule has 1 aromatic rings. The summed E-state index contributed by atoms with van der Waals surface area (Å²) in [6, 6.07) is 4.93. The molecule has 1 rings (SSSR count). The largest absolute Gasteiger partial charge is 0.324 e. The maximum atomic E-state index is 13.0. The average molecular weight is 391 g/mol. The van der Waals surface area contributed by atoms with Crippen LogP contribution < -0.4 is 5.73 Å². The highest BCUT2D eigenvalue weighted by Crippen LogP contribution is 2.23. The van der Waals surface area contributed by atoms with Crippen molar-refractivity contribution in [3.05, 3.63) is 33.1 Å². The van der Waals surface area contributed by atoms with Gasteiger partial charge in [-0.25, -0.2) is 4.39 Å². The fourth-order valence-electron chi connectivity index (χ4n) is 2.46. The molecule has 2 N–H and O–H groups in total. The standard InChI is InChI=1S/C17H27FIN/c1-2-3-4-5-6-7-8-9-10-17(20)15-12-11-14(18)13-16(15)19/h11-13,17H,2-10,20H2,1H3. The van der Waals surface area contributed by atoms with Crippen molar-refractivity contribution >= 4 is 22.6 Å². The zero-order valence-electron chi connectivity index (χ0n) is 12.5. The molecule has 0 bridgehead atoms. The number of hydrogen-bond acceptors (Lipinski definition) is 1. The topological polar surface area (TPSA) is 26.0 Å². The van der Waals surface area contributed by atoms with Gasteiger partial charge in [-0.3, -0.25) is 0 Å². The van der Waals surface area contributed by atoms with Gasteiger partial charge in [0, 0.05) is 9.61 Å². The average Bonchev–Trinajstić information content (AvgIpc) is 2.41. The van der Waals surface area contributed by atoms with Crippen molar-refractivity contribution in [3.63, 3.8) is 0 Å². The van der Waals surface area contributed by atoms with Gasteiger partial charge < -0.3 is 5.73 Å². The molecule has 0 fully saturated rings. The zero-order valence-corrected chi connectivity index (χ0v) is 14.7. The first-order valence-corrected chi connectivity index (χ1v) is 8.93. The van der Waals surface area contributed by atoms with E-state index in [0.717, 1.165) is 15.6 Å². The number of benzene rings is 1. The molecule has 0 aliphatic rings. The highest BCUT2D eigenvalue weighted by molar-refractivity contribution is 14.1. The molecule has 114 valence electrons. The third-order valence-electron chi connectivity index (χ3n) is 3.73. The summed E-state index contributed by atoms with van der Waals surface area (Å²) in [6.45, 7) is 2.25. The number of unbranched alkanes of at least 4 members (excludes halogenated alkanes) is 7. The maximum absolute atomic E-state index is 13.0. The lowest BCUT2D eigenvalue weighted by Crippen LogP contribution is -2.11. The van der Waals surface area contributed by atoms with Crippen molar-refractivity contribution in [2.75, 3.05) is 0 Å². The van der Waals surface area contributed by atoms with E-state index >= 15 is 0 Å². The van der Waals surface area contributed by atoms with Crippen LogP contribution in [0.3, 0.4) is 0 Å². The van der Waals surface area contributed by atoms with Crippen LogP contribution in [-0.4, -0.2) is 0 Å². The van der Waals surface area contributed by atoms with Gasteiger partial charge in [-0.2, -0.15) is 0 Å². The summed E-state index contributed by atoms with van der Waals surface area (Å²) in [5.41, 5.74) is 7.28. The Bertz CT molecular complexity index is 381. The van der Waals surface area contributed by atoms with Gasteiger partial charge in [0.05, 0.1) is 0 Å². The van der Waals surface area contributed by atoms with E-state index in [0.29, 0.717) is 0 Å². The Morgan fingerprint density at radius 1 is 1.05 bits per heavy atom. The fraction of sp³-hybridized carbons (Fsp3) is 0.647. The van der Waals surface area contributed by atoms with Gasteiger partial charge >= 0.3 is 0 Å². The predicted molar refractivity (Wildman–Crippen MR) is 93.3 cm³/mol. The third-order valence-corrected chi connectivity index (χ3v) is 4.66. The summed E-state index contributed by atoms with van der Waals surface area (Å²) in [6.07, 6.45) is 11.5. The zero-order chi connectivity index (χ0) is 14.8. The Morgan fingerprint density at radius 3 is 2.25 bits per heavy atom. The van der Waals surface area contributed by atoms with Crippen molar-refractivity contribution in [3.8, 4) is 0 Å². The van der Waals surface area contributed by atoms with Crippen molar-refractivity contribution in [1.82, 2.24) is 0 Å². The lowest BCUT2D eigenvalue weighted by Gasteiger charge is -2.14. The molecule has 1 atom stereocenters. The number of rotatable bonds is 10. The van der Waals surface area contributed by atoms with Crippen LogP contribution in [0.2, 0.25) is 0 Å². The first-order chi connectivity index (χ1) is 9.65. The highest BCUT2D eigenvalue weighted by Gasteiger charge is 2.10. The van der Waals surface area contributed by atoms with Gasteiger partial charge in [0.15, 0.2) is 0 Å². The summed E-state index contributed by atoms with van der Waals surface area (Å²) >= 11 is 2.17. The molecule has 0 aliphatic heterocycles. The Labute approximate surface area is 136 Å². The molecule has 0 saturated carbocycles. The van der Waals surface area contributed by atoms with Crippen LogP contribution in [0, 0.1) is 9.39 Å². The minimum atomic E-state index is -0.183. The Balaban J connectivity index is 2.15. The van der Waals surface area contributed by atoms with Gasteiger partial charge in [-0.15, -0.1) is 0 Å². The third kappa shape index (κ3) is 7.02. The van der Waals surface area contributed by atoms with E-state index < -0.39 is 0 Å². The molecule has 20 heavy (non-hydrogen) atoms. The summed E-state index contributed by atoms with van der Waals surface area (Å²) < 4.78 is 14.0. The summed E-state index contributed by atoms with van der Waals surface area (Å²) in [7, 11) is 0. The monoisotopic (exact) mass is 391 g/mol. The van der Waals surface area contributed by atoms with Gasteiger partial charge in [-0.05, 0) is 46.7 Å². The van der Waals surface area contributed by atoms with Gasteiger partial charge in [0.1, 0.15) is 5.82 Å². The van der Waals surface area contributed by atoms with Crippen LogP contribution in [0.5, 0.6) is 0 Å². The van der Waals surface area contributed by atoms with Gasteiger partial charge in [0.25, 0.3) is 0 Å². The van der Waals surface area contributed by atoms with E-state index in [-0.39, 0.29) is 11.9 Å². The molecular weight excluding hydrogens is 364 g/mol. The molecule has 0 aliphatic carbocycles. The van der Waals surface area contributed by atoms with Crippen molar-refractivity contribution in [1.29, 1.82) is 0 Å². The molecule has 0 amide bonds. The van der Waals surface area contributed by atoms with Crippen LogP contribution >= 0.6 is 22.6 Å². The first-order valence-electron chi connectivity index (χ1n) is 7.85. The molecule has 0 radical (unpaired) electrons. The van der Waals surface area contributed by atoms with Crippen LogP contribution in [0.4, 0.5) is 4.39 Å². The second-order valence-corrected chi connectivity index (χ2v) is 6.70. The van der Waals surface area contributed by atoms with Gasteiger partial charge in [-0.1, -0.05) is 64.4 Å². The normalized spacial score (nSPS) is 12.6. The molecule has 0 spiro atoms. The number of hydrogen-bond donors (Lipinski definition) is 1. The minimum absolute atomic E-state index is 0.0441. The Kier molecular flexibility index (Phi) is 9.44.